The monoisotopic (exact) mass is 568 g/mol. The molecule has 11 heteroatoms. The minimum atomic E-state index is -5.60. The van der Waals surface area contributed by atoms with Gasteiger partial charge in [0, 0.05) is 16.1 Å². The molecule has 2 rings (SSSR count). The molecule has 2 aromatic rings. The quantitative estimate of drug-likeness (QED) is 0.189. The van der Waals surface area contributed by atoms with Crippen LogP contribution in [-0.4, -0.2) is 46.1 Å². The van der Waals surface area contributed by atoms with Gasteiger partial charge in [-0.2, -0.15) is 26.3 Å². The van der Waals surface area contributed by atoms with Crippen molar-refractivity contribution in [2.75, 3.05) is 12.4 Å². The maximum atomic E-state index is 13.0. The van der Waals surface area contributed by atoms with Gasteiger partial charge in [0.2, 0.25) is 0 Å². The molecule has 0 saturated carbocycles. The molecule has 4 nitrogen and oxygen atoms in total. The Morgan fingerprint density at radius 2 is 1.42 bits per heavy atom. The molecule has 0 saturated heterocycles. The Morgan fingerprint density at radius 3 is 1.92 bits per heavy atom. The molecule has 0 aliphatic heterocycles. The molecular formula is C27H34F6O4S. The molecular weight excluding hydrogens is 534 g/mol. The summed E-state index contributed by atoms with van der Waals surface area (Å²) >= 11 is 0.767. The lowest BCUT2D eigenvalue weighted by molar-refractivity contribution is -0.303. The van der Waals surface area contributed by atoms with Crippen molar-refractivity contribution in [1.29, 1.82) is 0 Å². The van der Waals surface area contributed by atoms with Gasteiger partial charge in [-0.1, -0.05) is 39.0 Å². The highest BCUT2D eigenvalue weighted by molar-refractivity contribution is 7.99. The number of rotatable bonds is 13. The zero-order chi connectivity index (χ0) is 28.7. The van der Waals surface area contributed by atoms with E-state index in [1.165, 1.54) is 0 Å². The Balaban J connectivity index is 2.26. The van der Waals surface area contributed by atoms with E-state index in [1.807, 2.05) is 26.8 Å². The van der Waals surface area contributed by atoms with E-state index < -0.39 is 35.5 Å². The number of aliphatic hydroxyl groups excluding tert-OH is 3. The molecule has 0 fully saturated rings. The van der Waals surface area contributed by atoms with Gasteiger partial charge >= 0.3 is 12.4 Å². The van der Waals surface area contributed by atoms with Crippen molar-refractivity contribution in [3.63, 3.8) is 0 Å². The standard InChI is InChI=1S/C27H34F6O4S/c1-4-17-11-20(8-10-23(17)38-15-22(36)24(26(28,29)30)27(31,32)33)25(5-2,6-3)16-37-21-9-7-18(13-34)19(12-21)14-35/h7-12,22,24,34-36H,4-6,13-16H2,1-3H3. The molecule has 1 unspecified atom stereocenters. The summed E-state index contributed by atoms with van der Waals surface area (Å²) in [6.45, 7) is 5.66. The molecule has 2 aromatic carbocycles. The van der Waals surface area contributed by atoms with Crippen LogP contribution in [0.3, 0.4) is 0 Å². The Labute approximate surface area is 223 Å². The average molecular weight is 569 g/mol. The number of alkyl halides is 6. The fourth-order valence-electron chi connectivity index (χ4n) is 4.38. The number of benzene rings is 2. The molecule has 214 valence electrons. The van der Waals surface area contributed by atoms with E-state index in [0.717, 1.165) is 22.9 Å². The second-order valence-electron chi connectivity index (χ2n) is 9.14. The predicted octanol–water partition coefficient (Wildman–Crippen LogP) is 6.56. The molecule has 0 amide bonds. The van der Waals surface area contributed by atoms with Gasteiger partial charge in [0.15, 0.2) is 5.92 Å². The van der Waals surface area contributed by atoms with Gasteiger partial charge in [0.1, 0.15) is 5.75 Å². The normalized spacial score (nSPS) is 13.7. The largest absolute Gasteiger partial charge is 0.493 e. The summed E-state index contributed by atoms with van der Waals surface area (Å²) in [4.78, 5) is 0.507. The van der Waals surface area contributed by atoms with E-state index in [4.69, 9.17) is 4.74 Å². The van der Waals surface area contributed by atoms with Crippen LogP contribution in [0.5, 0.6) is 5.75 Å². The molecule has 0 spiro atoms. The van der Waals surface area contributed by atoms with Gasteiger partial charge < -0.3 is 20.1 Å². The molecule has 38 heavy (non-hydrogen) atoms. The first-order valence-electron chi connectivity index (χ1n) is 12.3. The second-order valence-corrected chi connectivity index (χ2v) is 10.2. The zero-order valence-corrected chi connectivity index (χ0v) is 22.3. The summed E-state index contributed by atoms with van der Waals surface area (Å²) in [5.74, 6) is -4.05. The molecule has 0 heterocycles. The van der Waals surface area contributed by atoms with Crippen molar-refractivity contribution in [2.45, 2.75) is 82.0 Å². The smallest absolute Gasteiger partial charge is 0.403 e. The SMILES string of the molecule is CCc1cc(C(CC)(CC)COc2ccc(CO)c(CO)c2)ccc1SCC(O)C(C(F)(F)F)C(F)(F)F. The Hall–Kier alpha value is -1.95. The fraction of sp³-hybridized carbons (Fsp3) is 0.556. The van der Waals surface area contributed by atoms with Crippen LogP contribution in [0.4, 0.5) is 26.3 Å². The van der Waals surface area contributed by atoms with Gasteiger partial charge in [-0.3, -0.25) is 0 Å². The lowest BCUT2D eigenvalue weighted by Crippen LogP contribution is -2.45. The van der Waals surface area contributed by atoms with Crippen molar-refractivity contribution in [3.05, 3.63) is 58.7 Å². The van der Waals surface area contributed by atoms with Crippen LogP contribution >= 0.6 is 11.8 Å². The van der Waals surface area contributed by atoms with Gasteiger partial charge in [-0.05, 0) is 59.7 Å². The molecule has 0 aliphatic carbocycles. The Kier molecular flexibility index (Phi) is 11.4. The van der Waals surface area contributed by atoms with Crippen molar-refractivity contribution in [1.82, 2.24) is 0 Å². The second kappa shape index (κ2) is 13.4. The molecule has 0 aliphatic rings. The molecule has 0 aromatic heterocycles. The van der Waals surface area contributed by atoms with E-state index in [1.54, 1.807) is 30.3 Å². The van der Waals surface area contributed by atoms with Crippen LogP contribution in [0.2, 0.25) is 0 Å². The van der Waals surface area contributed by atoms with Crippen LogP contribution < -0.4 is 4.74 Å². The number of thioether (sulfide) groups is 1. The summed E-state index contributed by atoms with van der Waals surface area (Å²) in [7, 11) is 0. The third-order valence-corrected chi connectivity index (χ3v) is 8.16. The highest BCUT2D eigenvalue weighted by Gasteiger charge is 2.60. The highest BCUT2D eigenvalue weighted by Crippen LogP contribution is 2.43. The third kappa shape index (κ3) is 7.80. The number of aliphatic hydroxyl groups is 3. The Bertz CT molecular complexity index is 1020. The first-order valence-corrected chi connectivity index (χ1v) is 13.3. The maximum Gasteiger partial charge on any atom is 0.403 e. The summed E-state index contributed by atoms with van der Waals surface area (Å²) in [6, 6.07) is 10.4. The summed E-state index contributed by atoms with van der Waals surface area (Å²) < 4.78 is 83.8. The lowest BCUT2D eigenvalue weighted by atomic mass is 9.76. The first kappa shape index (κ1) is 32.3. The fourth-order valence-corrected chi connectivity index (χ4v) is 5.48. The number of hydrogen-bond acceptors (Lipinski definition) is 5. The number of hydrogen-bond donors (Lipinski definition) is 3. The topological polar surface area (TPSA) is 69.9 Å². The maximum absolute atomic E-state index is 13.0. The van der Waals surface area contributed by atoms with Crippen molar-refractivity contribution in [3.8, 4) is 5.75 Å². The minimum absolute atomic E-state index is 0.210. The lowest BCUT2D eigenvalue weighted by Gasteiger charge is -2.33. The van der Waals surface area contributed by atoms with E-state index in [-0.39, 0.29) is 19.8 Å². The van der Waals surface area contributed by atoms with Gasteiger partial charge in [0.25, 0.3) is 0 Å². The molecule has 1 atom stereocenters. The van der Waals surface area contributed by atoms with E-state index in [9.17, 15) is 41.7 Å². The van der Waals surface area contributed by atoms with Gasteiger partial charge in [-0.25, -0.2) is 0 Å². The van der Waals surface area contributed by atoms with Crippen LogP contribution in [0.15, 0.2) is 41.3 Å². The van der Waals surface area contributed by atoms with Crippen molar-refractivity contribution >= 4 is 11.8 Å². The summed E-state index contributed by atoms with van der Waals surface area (Å²) in [6.07, 6.45) is -12.0. The van der Waals surface area contributed by atoms with Crippen LogP contribution in [0, 0.1) is 5.92 Å². The average Bonchev–Trinajstić information content (AvgIpc) is 2.86. The van der Waals surface area contributed by atoms with Crippen molar-refractivity contribution < 1.29 is 46.4 Å². The Morgan fingerprint density at radius 1 is 0.816 bits per heavy atom. The number of halogens is 6. The molecule has 0 radical (unpaired) electrons. The summed E-state index contributed by atoms with van der Waals surface area (Å²) in [5.41, 5.74) is 2.39. The van der Waals surface area contributed by atoms with Crippen molar-refractivity contribution in [2.24, 2.45) is 5.92 Å². The predicted molar refractivity (Wildman–Crippen MR) is 134 cm³/mol. The van der Waals surface area contributed by atoms with E-state index >= 15 is 0 Å². The minimum Gasteiger partial charge on any atom is -0.493 e. The van der Waals surface area contributed by atoms with Crippen LogP contribution in [0.25, 0.3) is 0 Å². The molecule has 0 bridgehead atoms. The van der Waals surface area contributed by atoms with Crippen LogP contribution in [0.1, 0.15) is 55.9 Å². The first-order chi connectivity index (χ1) is 17.8. The number of ether oxygens (including phenoxy) is 1. The summed E-state index contributed by atoms with van der Waals surface area (Å²) in [5, 5.41) is 28.8. The third-order valence-electron chi connectivity index (χ3n) is 6.94. The van der Waals surface area contributed by atoms with Gasteiger partial charge in [0.05, 0.1) is 25.9 Å². The molecule has 3 N–H and O–H groups in total. The zero-order valence-electron chi connectivity index (χ0n) is 21.5. The van der Waals surface area contributed by atoms with E-state index in [2.05, 4.69) is 0 Å². The van der Waals surface area contributed by atoms with E-state index in [0.29, 0.717) is 41.0 Å². The van der Waals surface area contributed by atoms with Gasteiger partial charge in [-0.15, -0.1) is 11.8 Å². The van der Waals surface area contributed by atoms with Crippen LogP contribution in [-0.2, 0) is 25.0 Å². The highest BCUT2D eigenvalue weighted by atomic mass is 32.2. The number of aryl methyl sites for hydroxylation is 1.